The van der Waals surface area contributed by atoms with Gasteiger partial charge in [0.2, 0.25) is 11.9 Å². The van der Waals surface area contributed by atoms with Gasteiger partial charge in [0.25, 0.3) is 0 Å². The van der Waals surface area contributed by atoms with Gasteiger partial charge in [-0.1, -0.05) is 12.1 Å². The van der Waals surface area contributed by atoms with Crippen LogP contribution in [0.1, 0.15) is 11.4 Å². The maximum atomic E-state index is 5.70. The molecule has 0 saturated carbocycles. The van der Waals surface area contributed by atoms with Gasteiger partial charge in [-0.05, 0) is 17.7 Å². The van der Waals surface area contributed by atoms with Gasteiger partial charge in [0.15, 0.2) is 0 Å². The standard InChI is InChI=1S/C14H19N5OS/c1-19(2)14-17-12(16-13(15)18-14)9-21-8-10-5-4-6-11(7-10)20-3/h4-7H,8-9H2,1-3H3,(H2,15,16,17,18). The van der Waals surface area contributed by atoms with Gasteiger partial charge in [-0.2, -0.15) is 15.0 Å². The summed E-state index contributed by atoms with van der Waals surface area (Å²) in [7, 11) is 5.42. The third-order valence-electron chi connectivity index (χ3n) is 2.72. The SMILES string of the molecule is COc1cccc(CSCc2nc(N)nc(N(C)C)n2)c1. The zero-order valence-electron chi connectivity index (χ0n) is 12.4. The average Bonchev–Trinajstić information content (AvgIpc) is 2.47. The number of anilines is 2. The maximum Gasteiger partial charge on any atom is 0.229 e. The molecule has 0 aliphatic carbocycles. The Morgan fingerprint density at radius 1 is 1.19 bits per heavy atom. The van der Waals surface area contributed by atoms with Crippen LogP contribution in [0.4, 0.5) is 11.9 Å². The number of aromatic nitrogens is 3. The highest BCUT2D eigenvalue weighted by Gasteiger charge is 2.06. The third-order valence-corrected chi connectivity index (χ3v) is 3.72. The van der Waals surface area contributed by atoms with E-state index in [9.17, 15) is 0 Å². The van der Waals surface area contributed by atoms with Crippen LogP contribution in [0, 0.1) is 0 Å². The van der Waals surface area contributed by atoms with E-state index in [4.69, 9.17) is 10.5 Å². The van der Waals surface area contributed by atoms with E-state index in [1.54, 1.807) is 18.9 Å². The number of ether oxygens (including phenoxy) is 1. The van der Waals surface area contributed by atoms with Crippen molar-refractivity contribution in [2.75, 3.05) is 31.8 Å². The van der Waals surface area contributed by atoms with Crippen LogP contribution in [-0.2, 0) is 11.5 Å². The van der Waals surface area contributed by atoms with E-state index in [-0.39, 0.29) is 5.95 Å². The quantitative estimate of drug-likeness (QED) is 0.874. The van der Waals surface area contributed by atoms with E-state index in [0.717, 1.165) is 11.5 Å². The lowest BCUT2D eigenvalue weighted by molar-refractivity contribution is 0.414. The molecule has 0 amide bonds. The predicted molar refractivity (Wildman–Crippen MR) is 86.6 cm³/mol. The minimum absolute atomic E-state index is 0.255. The molecular formula is C14H19N5OS. The minimum Gasteiger partial charge on any atom is -0.497 e. The van der Waals surface area contributed by atoms with Gasteiger partial charge in [0.05, 0.1) is 12.9 Å². The summed E-state index contributed by atoms with van der Waals surface area (Å²) in [6.45, 7) is 0. The summed E-state index contributed by atoms with van der Waals surface area (Å²) >= 11 is 1.73. The summed E-state index contributed by atoms with van der Waals surface area (Å²) in [6.07, 6.45) is 0. The average molecular weight is 305 g/mol. The topological polar surface area (TPSA) is 77.2 Å². The molecule has 2 aromatic rings. The lowest BCUT2D eigenvalue weighted by Crippen LogP contribution is -2.15. The number of rotatable bonds is 6. The van der Waals surface area contributed by atoms with E-state index >= 15 is 0 Å². The van der Waals surface area contributed by atoms with Crippen molar-refractivity contribution >= 4 is 23.7 Å². The summed E-state index contributed by atoms with van der Waals surface area (Å²) in [5.74, 6) is 3.95. The summed E-state index contributed by atoms with van der Waals surface area (Å²) in [5, 5.41) is 0. The third kappa shape index (κ3) is 4.49. The first kappa shape index (κ1) is 15.4. The minimum atomic E-state index is 0.255. The van der Waals surface area contributed by atoms with Crippen molar-refractivity contribution < 1.29 is 4.74 Å². The van der Waals surface area contributed by atoms with E-state index in [1.807, 2.05) is 37.2 Å². The summed E-state index contributed by atoms with van der Waals surface area (Å²) < 4.78 is 5.21. The lowest BCUT2D eigenvalue weighted by Gasteiger charge is -2.11. The zero-order valence-corrected chi connectivity index (χ0v) is 13.2. The Labute approximate surface area is 128 Å². The van der Waals surface area contributed by atoms with E-state index in [2.05, 4.69) is 21.0 Å². The monoisotopic (exact) mass is 305 g/mol. The summed E-state index contributed by atoms with van der Waals surface area (Å²) in [4.78, 5) is 14.4. The van der Waals surface area contributed by atoms with Crippen molar-refractivity contribution in [1.29, 1.82) is 0 Å². The van der Waals surface area contributed by atoms with E-state index < -0.39 is 0 Å². The van der Waals surface area contributed by atoms with Crippen molar-refractivity contribution in [2.45, 2.75) is 11.5 Å². The number of thioether (sulfide) groups is 1. The number of nitrogens with zero attached hydrogens (tertiary/aromatic N) is 4. The van der Waals surface area contributed by atoms with E-state index in [1.165, 1.54) is 5.56 Å². The number of nitrogen functional groups attached to an aromatic ring is 1. The normalized spacial score (nSPS) is 10.4. The Kier molecular flexibility index (Phi) is 5.21. The lowest BCUT2D eigenvalue weighted by atomic mass is 10.2. The number of hydrogen-bond acceptors (Lipinski definition) is 7. The Hall–Kier alpha value is -2.02. The highest BCUT2D eigenvalue weighted by atomic mass is 32.2. The molecule has 0 bridgehead atoms. The molecule has 0 atom stereocenters. The fourth-order valence-electron chi connectivity index (χ4n) is 1.71. The van der Waals surface area contributed by atoms with Crippen LogP contribution in [-0.4, -0.2) is 36.2 Å². The molecule has 0 unspecified atom stereocenters. The molecule has 0 radical (unpaired) electrons. The van der Waals surface area contributed by atoms with Gasteiger partial charge in [0.1, 0.15) is 11.6 Å². The maximum absolute atomic E-state index is 5.70. The van der Waals surface area contributed by atoms with Crippen LogP contribution in [0.3, 0.4) is 0 Å². The van der Waals surface area contributed by atoms with Gasteiger partial charge >= 0.3 is 0 Å². The first-order valence-electron chi connectivity index (χ1n) is 6.47. The molecule has 0 aliphatic heterocycles. The van der Waals surface area contributed by atoms with Crippen LogP contribution in [0.5, 0.6) is 5.75 Å². The second-order valence-electron chi connectivity index (χ2n) is 4.65. The molecule has 1 aromatic heterocycles. The number of nitrogens with two attached hydrogens (primary N) is 1. The van der Waals surface area contributed by atoms with Crippen molar-refractivity contribution in [3.8, 4) is 5.75 Å². The van der Waals surface area contributed by atoms with Crippen molar-refractivity contribution in [1.82, 2.24) is 15.0 Å². The second kappa shape index (κ2) is 7.12. The zero-order chi connectivity index (χ0) is 15.2. The second-order valence-corrected chi connectivity index (χ2v) is 5.63. The Bertz CT molecular complexity index is 606. The first-order chi connectivity index (χ1) is 10.1. The van der Waals surface area contributed by atoms with Crippen LogP contribution in [0.2, 0.25) is 0 Å². The molecule has 2 N–H and O–H groups in total. The fraction of sp³-hybridized carbons (Fsp3) is 0.357. The smallest absolute Gasteiger partial charge is 0.229 e. The number of benzene rings is 1. The molecule has 2 rings (SSSR count). The predicted octanol–water partition coefficient (Wildman–Crippen LogP) is 1.96. The van der Waals surface area contributed by atoms with Crippen molar-refractivity contribution in [3.05, 3.63) is 35.7 Å². The molecule has 21 heavy (non-hydrogen) atoms. The molecule has 1 aromatic carbocycles. The highest BCUT2D eigenvalue weighted by Crippen LogP contribution is 2.20. The van der Waals surface area contributed by atoms with Crippen LogP contribution in [0.15, 0.2) is 24.3 Å². The summed E-state index contributed by atoms with van der Waals surface area (Å²) in [6, 6.07) is 8.02. The van der Waals surface area contributed by atoms with Gasteiger partial charge in [-0.15, -0.1) is 11.8 Å². The molecule has 7 heteroatoms. The van der Waals surface area contributed by atoms with E-state index in [0.29, 0.717) is 17.5 Å². The fourth-order valence-corrected chi connectivity index (χ4v) is 2.54. The van der Waals surface area contributed by atoms with Gasteiger partial charge in [-0.3, -0.25) is 0 Å². The Morgan fingerprint density at radius 3 is 2.71 bits per heavy atom. The van der Waals surface area contributed by atoms with Crippen molar-refractivity contribution in [3.63, 3.8) is 0 Å². The summed E-state index contributed by atoms with van der Waals surface area (Å²) in [5.41, 5.74) is 6.91. The number of methoxy groups -OCH3 is 1. The van der Waals surface area contributed by atoms with Crippen molar-refractivity contribution in [2.24, 2.45) is 0 Å². The Morgan fingerprint density at radius 2 is 2.00 bits per heavy atom. The van der Waals surface area contributed by atoms with Crippen LogP contribution in [0.25, 0.3) is 0 Å². The highest BCUT2D eigenvalue weighted by molar-refractivity contribution is 7.97. The Balaban J connectivity index is 1.96. The molecule has 0 aliphatic rings. The van der Waals surface area contributed by atoms with Gasteiger partial charge < -0.3 is 15.4 Å². The number of hydrogen-bond donors (Lipinski definition) is 1. The largest absolute Gasteiger partial charge is 0.497 e. The van der Waals surface area contributed by atoms with Crippen LogP contribution < -0.4 is 15.4 Å². The molecule has 1 heterocycles. The van der Waals surface area contributed by atoms with Gasteiger partial charge in [0, 0.05) is 19.8 Å². The molecule has 6 nitrogen and oxygen atoms in total. The van der Waals surface area contributed by atoms with Gasteiger partial charge in [-0.25, -0.2) is 0 Å². The first-order valence-corrected chi connectivity index (χ1v) is 7.62. The molecule has 0 saturated heterocycles. The molecule has 0 spiro atoms. The van der Waals surface area contributed by atoms with Crippen LogP contribution >= 0.6 is 11.8 Å². The molecular weight excluding hydrogens is 286 g/mol. The molecule has 112 valence electrons. The molecule has 0 fully saturated rings.